The van der Waals surface area contributed by atoms with Crippen LogP contribution in [-0.2, 0) is 4.79 Å². The van der Waals surface area contributed by atoms with Gasteiger partial charge in [0.25, 0.3) is 0 Å². The number of nitrogens with one attached hydrogen (secondary N) is 1. The summed E-state index contributed by atoms with van der Waals surface area (Å²) < 4.78 is 0. The van der Waals surface area contributed by atoms with Crippen LogP contribution in [0.15, 0.2) is 30.3 Å². The van der Waals surface area contributed by atoms with Crippen molar-refractivity contribution >= 4 is 5.91 Å². The fourth-order valence-corrected chi connectivity index (χ4v) is 6.85. The van der Waals surface area contributed by atoms with Crippen LogP contribution in [0.1, 0.15) is 56.6 Å². The monoisotopic (exact) mass is 352 g/mol. The van der Waals surface area contributed by atoms with Crippen LogP contribution in [0.3, 0.4) is 0 Å². The highest BCUT2D eigenvalue weighted by Crippen LogP contribution is 2.56. The molecule has 3 heteroatoms. The van der Waals surface area contributed by atoms with E-state index in [9.17, 15) is 4.79 Å². The van der Waals surface area contributed by atoms with E-state index in [1.54, 1.807) is 0 Å². The minimum Gasteiger partial charge on any atom is -0.354 e. The van der Waals surface area contributed by atoms with E-state index in [2.05, 4.69) is 40.5 Å². The quantitative estimate of drug-likeness (QED) is 0.868. The Balaban J connectivity index is 1.27. The number of carbonyl (C=O) groups is 1. The largest absolute Gasteiger partial charge is 0.354 e. The van der Waals surface area contributed by atoms with E-state index in [1.165, 1.54) is 50.5 Å². The number of hydrogen-bond acceptors (Lipinski definition) is 2. The normalized spacial score (nSPS) is 37.0. The summed E-state index contributed by atoms with van der Waals surface area (Å²) in [7, 11) is 0. The molecular formula is C23H32N2O. The van der Waals surface area contributed by atoms with Crippen molar-refractivity contribution in [2.75, 3.05) is 19.6 Å². The molecule has 6 rings (SSSR count). The van der Waals surface area contributed by atoms with Crippen LogP contribution >= 0.6 is 0 Å². The highest BCUT2D eigenvalue weighted by molar-refractivity contribution is 5.79. The van der Waals surface area contributed by atoms with Crippen LogP contribution in [-0.4, -0.2) is 30.4 Å². The van der Waals surface area contributed by atoms with E-state index in [4.69, 9.17) is 0 Å². The molecule has 1 N–H and O–H groups in total. The second kappa shape index (κ2) is 6.99. The van der Waals surface area contributed by atoms with Gasteiger partial charge in [0, 0.05) is 12.5 Å². The van der Waals surface area contributed by atoms with Crippen LogP contribution in [0.2, 0.25) is 0 Å². The van der Waals surface area contributed by atoms with Gasteiger partial charge in [0.05, 0.1) is 6.04 Å². The van der Waals surface area contributed by atoms with Gasteiger partial charge in [-0.05, 0) is 87.3 Å². The number of benzene rings is 1. The maximum atomic E-state index is 13.2. The van der Waals surface area contributed by atoms with Crippen molar-refractivity contribution in [2.45, 2.75) is 51.0 Å². The molecule has 1 aromatic rings. The molecule has 4 aliphatic carbocycles. The summed E-state index contributed by atoms with van der Waals surface area (Å²) in [6, 6.07) is 11.1. The van der Waals surface area contributed by atoms with E-state index in [0.717, 1.165) is 31.5 Å². The van der Waals surface area contributed by atoms with Crippen LogP contribution in [0.25, 0.3) is 0 Å². The zero-order chi connectivity index (χ0) is 17.5. The molecule has 140 valence electrons. The Kier molecular flexibility index (Phi) is 4.52. The summed E-state index contributed by atoms with van der Waals surface area (Å²) in [5, 5.41) is 3.41. The van der Waals surface area contributed by atoms with Crippen LogP contribution in [0.4, 0.5) is 0 Å². The van der Waals surface area contributed by atoms with Gasteiger partial charge in [0.1, 0.15) is 0 Å². The first-order valence-electron chi connectivity index (χ1n) is 10.8. The standard InChI is InChI=1S/C23H32N2O/c26-23(22-19-11-16-10-17(13-19)14-20(22)12-16)24-15-21(25-8-4-5-9-25)18-6-2-1-3-7-18/h1-3,6-7,16-17,19-22H,4-5,8-15H2,(H,24,26). The Hall–Kier alpha value is -1.35. The molecule has 0 radical (unpaired) electrons. The maximum absolute atomic E-state index is 13.2. The molecule has 1 aromatic carbocycles. The highest BCUT2D eigenvalue weighted by atomic mass is 16.1. The lowest BCUT2D eigenvalue weighted by Gasteiger charge is -2.53. The van der Waals surface area contributed by atoms with Gasteiger partial charge < -0.3 is 5.32 Å². The number of carbonyl (C=O) groups excluding carboxylic acids is 1. The van der Waals surface area contributed by atoms with Crippen molar-refractivity contribution in [3.8, 4) is 0 Å². The van der Waals surface area contributed by atoms with E-state index < -0.39 is 0 Å². The summed E-state index contributed by atoms with van der Waals surface area (Å²) in [5.74, 6) is 3.88. The lowest BCUT2D eigenvalue weighted by Crippen LogP contribution is -2.51. The third kappa shape index (κ3) is 3.09. The van der Waals surface area contributed by atoms with Crippen molar-refractivity contribution < 1.29 is 4.79 Å². The fraction of sp³-hybridized carbons (Fsp3) is 0.696. The number of hydrogen-bond donors (Lipinski definition) is 1. The smallest absolute Gasteiger partial charge is 0.223 e. The molecule has 1 amide bonds. The van der Waals surface area contributed by atoms with Gasteiger partial charge in [-0.3, -0.25) is 9.69 Å². The first-order chi connectivity index (χ1) is 12.8. The van der Waals surface area contributed by atoms with Gasteiger partial charge in [-0.2, -0.15) is 0 Å². The molecule has 5 fully saturated rings. The van der Waals surface area contributed by atoms with Crippen molar-refractivity contribution in [2.24, 2.45) is 29.6 Å². The van der Waals surface area contributed by atoms with Crippen LogP contribution < -0.4 is 5.32 Å². The minimum atomic E-state index is 0.304. The number of amides is 1. The SMILES string of the molecule is O=C(NCC(c1ccccc1)N1CCCC1)C1C2CC3CC(C2)CC1C3. The van der Waals surface area contributed by atoms with E-state index in [1.807, 2.05) is 0 Å². The maximum Gasteiger partial charge on any atom is 0.223 e. The predicted octanol–water partition coefficient (Wildman–Crippen LogP) is 4.01. The number of likely N-dealkylation sites (tertiary alicyclic amines) is 1. The van der Waals surface area contributed by atoms with Gasteiger partial charge in [-0.25, -0.2) is 0 Å². The molecule has 4 saturated carbocycles. The Bertz CT molecular complexity index is 609. The molecule has 4 bridgehead atoms. The molecule has 0 aromatic heterocycles. The molecule has 5 aliphatic rings. The third-order valence-electron chi connectivity index (χ3n) is 7.76. The first-order valence-corrected chi connectivity index (χ1v) is 10.8. The van der Waals surface area contributed by atoms with E-state index >= 15 is 0 Å². The average molecular weight is 353 g/mol. The van der Waals surface area contributed by atoms with Crippen molar-refractivity contribution in [1.29, 1.82) is 0 Å². The summed E-state index contributed by atoms with van der Waals surface area (Å²) in [4.78, 5) is 15.7. The minimum absolute atomic E-state index is 0.304. The zero-order valence-corrected chi connectivity index (χ0v) is 15.8. The lowest BCUT2D eigenvalue weighted by atomic mass is 9.51. The second-order valence-electron chi connectivity index (χ2n) is 9.37. The zero-order valence-electron chi connectivity index (χ0n) is 15.8. The van der Waals surface area contributed by atoms with Gasteiger partial charge in [0.15, 0.2) is 0 Å². The first kappa shape index (κ1) is 16.8. The summed E-state index contributed by atoms with van der Waals surface area (Å²) in [6.07, 6.45) is 9.29. The molecule has 26 heavy (non-hydrogen) atoms. The second-order valence-corrected chi connectivity index (χ2v) is 9.37. The van der Waals surface area contributed by atoms with Gasteiger partial charge in [-0.1, -0.05) is 30.3 Å². The number of nitrogens with zero attached hydrogens (tertiary/aromatic N) is 1. The predicted molar refractivity (Wildman–Crippen MR) is 104 cm³/mol. The average Bonchev–Trinajstić information content (AvgIpc) is 3.16. The summed E-state index contributed by atoms with van der Waals surface area (Å²) in [5.41, 5.74) is 1.35. The molecule has 0 spiro atoms. The van der Waals surface area contributed by atoms with Crippen molar-refractivity contribution in [3.63, 3.8) is 0 Å². The highest BCUT2D eigenvalue weighted by Gasteiger charge is 2.50. The molecule has 1 unspecified atom stereocenters. The van der Waals surface area contributed by atoms with E-state index in [-0.39, 0.29) is 0 Å². The lowest BCUT2D eigenvalue weighted by molar-refractivity contribution is -0.138. The summed E-state index contributed by atoms with van der Waals surface area (Å²) in [6.45, 7) is 3.09. The van der Waals surface area contributed by atoms with Gasteiger partial charge in [0.2, 0.25) is 5.91 Å². The molecular weight excluding hydrogens is 320 g/mol. The number of rotatable bonds is 5. The molecule has 1 atom stereocenters. The fourth-order valence-electron chi connectivity index (χ4n) is 6.85. The van der Waals surface area contributed by atoms with Crippen molar-refractivity contribution in [3.05, 3.63) is 35.9 Å². The third-order valence-corrected chi connectivity index (χ3v) is 7.76. The summed E-state index contributed by atoms with van der Waals surface area (Å²) >= 11 is 0. The molecule has 1 saturated heterocycles. The Labute approximate surface area is 157 Å². The molecule has 1 heterocycles. The molecule has 1 aliphatic heterocycles. The Morgan fingerprint density at radius 3 is 2.19 bits per heavy atom. The Morgan fingerprint density at radius 2 is 1.58 bits per heavy atom. The van der Waals surface area contributed by atoms with Crippen molar-refractivity contribution in [1.82, 2.24) is 10.2 Å². The van der Waals surface area contributed by atoms with Crippen LogP contribution in [0.5, 0.6) is 0 Å². The van der Waals surface area contributed by atoms with Crippen LogP contribution in [0, 0.1) is 29.6 Å². The van der Waals surface area contributed by atoms with Gasteiger partial charge in [-0.15, -0.1) is 0 Å². The topological polar surface area (TPSA) is 32.3 Å². The van der Waals surface area contributed by atoms with E-state index in [0.29, 0.717) is 29.7 Å². The Morgan fingerprint density at radius 1 is 0.962 bits per heavy atom. The van der Waals surface area contributed by atoms with Gasteiger partial charge >= 0.3 is 0 Å². The molecule has 3 nitrogen and oxygen atoms in total.